The largest absolute Gasteiger partial charge is 0.444 e. The minimum atomic E-state index is -1.42. The van der Waals surface area contributed by atoms with Gasteiger partial charge >= 0.3 is 6.09 Å². The van der Waals surface area contributed by atoms with E-state index in [0.29, 0.717) is 13.1 Å². The highest BCUT2D eigenvalue weighted by Crippen LogP contribution is 2.52. The predicted molar refractivity (Wildman–Crippen MR) is 102 cm³/mol. The summed E-state index contributed by atoms with van der Waals surface area (Å²) in [7, 11) is 0. The maximum atomic E-state index is 14.0. The number of piperidine rings is 1. The number of nitrogens with one attached hydrogen (secondary N) is 1. The third-order valence-corrected chi connectivity index (χ3v) is 5.55. The van der Waals surface area contributed by atoms with E-state index in [9.17, 15) is 23.5 Å². The summed E-state index contributed by atoms with van der Waals surface area (Å²) in [5.74, 6) is -2.62. The first-order chi connectivity index (χ1) is 13.3. The lowest BCUT2D eigenvalue weighted by atomic mass is 9.90. The molecule has 6 nitrogen and oxygen atoms in total. The molecule has 2 aliphatic rings. The third kappa shape index (κ3) is 4.37. The molecule has 0 radical (unpaired) electrons. The number of hydrogen-bond acceptors (Lipinski definition) is 4. The molecular weight excluding hydrogens is 382 g/mol. The van der Waals surface area contributed by atoms with Crippen molar-refractivity contribution in [3.05, 3.63) is 35.4 Å². The van der Waals surface area contributed by atoms with Crippen molar-refractivity contribution in [2.45, 2.75) is 51.9 Å². The Morgan fingerprint density at radius 2 is 1.76 bits per heavy atom. The minimum Gasteiger partial charge on any atom is -0.444 e. The molecule has 0 bridgehead atoms. The SMILES string of the molecule is CC(C)(C)OC(=O)N1CC2C(C(=O)NC(C)(C)C(O)c3cccc(F)c3F)[C@H]2C1. The monoisotopic (exact) mass is 410 g/mol. The van der Waals surface area contributed by atoms with Crippen LogP contribution in [0.5, 0.6) is 0 Å². The molecule has 1 aromatic rings. The summed E-state index contributed by atoms with van der Waals surface area (Å²) in [5, 5.41) is 13.3. The van der Waals surface area contributed by atoms with Gasteiger partial charge in [-0.1, -0.05) is 12.1 Å². The highest BCUT2D eigenvalue weighted by molar-refractivity contribution is 5.84. The molecule has 2 N–H and O–H groups in total. The van der Waals surface area contributed by atoms with Crippen LogP contribution in [-0.4, -0.2) is 46.2 Å². The molecule has 1 aliphatic carbocycles. The standard InChI is InChI=1S/C21H28F2N2O4/c1-20(2,3)29-19(28)25-9-12-13(10-25)15(12)18(27)24-21(4,5)17(26)11-7-6-8-14(22)16(11)23/h6-8,12-13,15,17,26H,9-10H2,1-5H3,(H,24,27)/t12-,13?,15?,17?/m0/s1. The van der Waals surface area contributed by atoms with Crippen molar-refractivity contribution in [3.63, 3.8) is 0 Å². The number of carbonyl (C=O) groups excluding carboxylic acids is 2. The Kier molecular flexibility index (Phi) is 5.36. The summed E-state index contributed by atoms with van der Waals surface area (Å²) in [5.41, 5.74) is -1.98. The van der Waals surface area contributed by atoms with Crippen molar-refractivity contribution in [1.82, 2.24) is 10.2 Å². The second-order valence-corrected chi connectivity index (χ2v) is 9.50. The summed E-state index contributed by atoms with van der Waals surface area (Å²) in [4.78, 5) is 26.4. The number of likely N-dealkylation sites (tertiary alicyclic amines) is 1. The van der Waals surface area contributed by atoms with E-state index >= 15 is 0 Å². The molecule has 1 aromatic carbocycles. The van der Waals surface area contributed by atoms with Crippen LogP contribution in [0.15, 0.2) is 18.2 Å². The Bertz CT molecular complexity index is 809. The summed E-state index contributed by atoms with van der Waals surface area (Å²) >= 11 is 0. The lowest BCUT2D eigenvalue weighted by Gasteiger charge is -2.33. The number of rotatable bonds is 4. The van der Waals surface area contributed by atoms with E-state index in [0.717, 1.165) is 6.07 Å². The molecule has 29 heavy (non-hydrogen) atoms. The van der Waals surface area contributed by atoms with Gasteiger partial charge in [0.15, 0.2) is 11.6 Å². The number of carbonyl (C=O) groups is 2. The quantitative estimate of drug-likeness (QED) is 0.800. The predicted octanol–water partition coefficient (Wildman–Crippen LogP) is 3.01. The zero-order valence-corrected chi connectivity index (χ0v) is 17.3. The van der Waals surface area contributed by atoms with Crippen molar-refractivity contribution in [3.8, 4) is 0 Å². The number of halogens is 2. The van der Waals surface area contributed by atoms with E-state index in [1.165, 1.54) is 12.1 Å². The normalized spacial score (nSPS) is 24.7. The summed E-state index contributed by atoms with van der Waals surface area (Å²) in [6.45, 7) is 9.40. The first-order valence-corrected chi connectivity index (χ1v) is 9.74. The molecule has 1 saturated heterocycles. The average molecular weight is 410 g/mol. The maximum absolute atomic E-state index is 14.0. The van der Waals surface area contributed by atoms with Gasteiger partial charge in [0.1, 0.15) is 11.7 Å². The zero-order valence-electron chi connectivity index (χ0n) is 17.3. The van der Waals surface area contributed by atoms with Gasteiger partial charge in [0.25, 0.3) is 0 Å². The van der Waals surface area contributed by atoms with Crippen LogP contribution in [0.1, 0.15) is 46.3 Å². The molecular formula is C21H28F2N2O4. The highest BCUT2D eigenvalue weighted by Gasteiger charge is 2.61. The molecule has 1 saturated carbocycles. The first kappa shape index (κ1) is 21.5. The summed E-state index contributed by atoms with van der Waals surface area (Å²) < 4.78 is 32.8. The number of hydrogen-bond donors (Lipinski definition) is 2. The molecule has 4 atom stereocenters. The van der Waals surface area contributed by atoms with Crippen LogP contribution in [0.4, 0.5) is 13.6 Å². The van der Waals surface area contributed by atoms with Crippen molar-refractivity contribution >= 4 is 12.0 Å². The van der Waals surface area contributed by atoms with Crippen LogP contribution in [0, 0.1) is 29.4 Å². The minimum absolute atomic E-state index is 0.0429. The topological polar surface area (TPSA) is 78.9 Å². The Morgan fingerprint density at radius 3 is 2.31 bits per heavy atom. The summed E-state index contributed by atoms with van der Waals surface area (Å²) in [6, 6.07) is 3.58. The number of aliphatic hydroxyl groups is 1. The van der Waals surface area contributed by atoms with Gasteiger partial charge in [-0.05, 0) is 52.5 Å². The number of aliphatic hydroxyl groups excluding tert-OH is 1. The molecule has 2 fully saturated rings. The molecule has 0 spiro atoms. The average Bonchev–Trinajstić information content (AvgIpc) is 3.09. The fourth-order valence-corrected chi connectivity index (χ4v) is 3.98. The first-order valence-electron chi connectivity index (χ1n) is 9.74. The van der Waals surface area contributed by atoms with Crippen LogP contribution in [0.25, 0.3) is 0 Å². The Labute approximate surface area is 169 Å². The van der Waals surface area contributed by atoms with Crippen molar-refractivity contribution in [2.75, 3.05) is 13.1 Å². The fraction of sp³-hybridized carbons (Fsp3) is 0.619. The summed E-state index contributed by atoms with van der Waals surface area (Å²) in [6.07, 6.45) is -1.81. The van der Waals surface area contributed by atoms with Crippen LogP contribution >= 0.6 is 0 Å². The van der Waals surface area contributed by atoms with E-state index in [1.54, 1.807) is 39.5 Å². The van der Waals surface area contributed by atoms with Gasteiger partial charge in [-0.15, -0.1) is 0 Å². The van der Waals surface area contributed by atoms with Gasteiger partial charge < -0.3 is 20.1 Å². The number of fused-ring (bicyclic) bond motifs is 1. The number of nitrogens with zero attached hydrogens (tertiary/aromatic N) is 1. The van der Waals surface area contributed by atoms with E-state index in [2.05, 4.69) is 5.32 Å². The van der Waals surface area contributed by atoms with E-state index < -0.39 is 28.9 Å². The van der Waals surface area contributed by atoms with E-state index in [1.807, 2.05) is 0 Å². The van der Waals surface area contributed by atoms with Crippen molar-refractivity contribution in [1.29, 1.82) is 0 Å². The molecule has 3 unspecified atom stereocenters. The lowest BCUT2D eigenvalue weighted by Crippen LogP contribution is -2.50. The Balaban J connectivity index is 1.58. The molecule has 160 valence electrons. The second kappa shape index (κ2) is 7.23. The van der Waals surface area contributed by atoms with Crippen LogP contribution in [0.2, 0.25) is 0 Å². The second-order valence-electron chi connectivity index (χ2n) is 9.50. The van der Waals surface area contributed by atoms with Gasteiger partial charge in [0.2, 0.25) is 5.91 Å². The van der Waals surface area contributed by atoms with Gasteiger partial charge in [0, 0.05) is 24.6 Å². The van der Waals surface area contributed by atoms with Gasteiger partial charge in [-0.2, -0.15) is 0 Å². The van der Waals surface area contributed by atoms with Crippen LogP contribution in [0.3, 0.4) is 0 Å². The number of ether oxygens (including phenoxy) is 1. The Hall–Kier alpha value is -2.22. The van der Waals surface area contributed by atoms with Crippen LogP contribution < -0.4 is 5.32 Å². The molecule has 8 heteroatoms. The van der Waals surface area contributed by atoms with E-state index in [4.69, 9.17) is 4.74 Å². The van der Waals surface area contributed by atoms with Crippen molar-refractivity contribution < 1.29 is 28.2 Å². The Morgan fingerprint density at radius 1 is 1.17 bits per heavy atom. The third-order valence-electron chi connectivity index (χ3n) is 5.55. The molecule has 3 rings (SSSR count). The smallest absolute Gasteiger partial charge is 0.410 e. The van der Waals surface area contributed by atoms with Crippen LogP contribution in [-0.2, 0) is 9.53 Å². The highest BCUT2D eigenvalue weighted by atomic mass is 19.2. The van der Waals surface area contributed by atoms with Gasteiger partial charge in [-0.3, -0.25) is 4.79 Å². The number of benzene rings is 1. The number of amides is 2. The maximum Gasteiger partial charge on any atom is 0.410 e. The molecule has 1 heterocycles. The fourth-order valence-electron chi connectivity index (χ4n) is 3.98. The molecule has 0 aromatic heterocycles. The molecule has 2 amide bonds. The van der Waals surface area contributed by atoms with Gasteiger partial charge in [0.05, 0.1) is 5.54 Å². The zero-order chi connectivity index (χ0) is 21.7. The molecule has 1 aliphatic heterocycles. The van der Waals surface area contributed by atoms with E-state index in [-0.39, 0.29) is 35.3 Å². The van der Waals surface area contributed by atoms with Gasteiger partial charge in [-0.25, -0.2) is 13.6 Å². The van der Waals surface area contributed by atoms with Crippen molar-refractivity contribution in [2.24, 2.45) is 17.8 Å². The lowest BCUT2D eigenvalue weighted by molar-refractivity contribution is -0.126.